The number of benzene rings is 2. The van der Waals surface area contributed by atoms with Gasteiger partial charge in [0.25, 0.3) is 5.78 Å². The molecule has 3 aromatic rings. The zero-order chi connectivity index (χ0) is 25.4. The van der Waals surface area contributed by atoms with E-state index in [0.717, 1.165) is 16.9 Å². The van der Waals surface area contributed by atoms with Crippen LogP contribution in [-0.4, -0.2) is 42.0 Å². The predicted octanol–water partition coefficient (Wildman–Crippen LogP) is 4.83. The van der Waals surface area contributed by atoms with Crippen LogP contribution in [0.15, 0.2) is 48.0 Å². The van der Waals surface area contributed by atoms with Crippen molar-refractivity contribution in [3.63, 3.8) is 0 Å². The molecule has 10 heteroatoms. The van der Waals surface area contributed by atoms with Crippen molar-refractivity contribution in [3.05, 3.63) is 80.3 Å². The Morgan fingerprint density at radius 1 is 1.14 bits per heavy atom. The Morgan fingerprint density at radius 3 is 2.51 bits per heavy atom. The molecule has 1 aliphatic heterocycles. The van der Waals surface area contributed by atoms with Gasteiger partial charge in [0.05, 0.1) is 31.5 Å². The van der Waals surface area contributed by atoms with Gasteiger partial charge in [-0.25, -0.2) is 9.78 Å². The molecule has 1 atom stereocenters. The van der Waals surface area contributed by atoms with E-state index in [9.17, 15) is 19.5 Å². The van der Waals surface area contributed by atoms with Gasteiger partial charge in [-0.1, -0.05) is 35.1 Å². The number of aliphatic hydroxyl groups excluding tert-OH is 1. The number of aliphatic hydroxyl groups is 1. The lowest BCUT2D eigenvalue weighted by atomic mass is 9.95. The number of ketones is 1. The first-order valence-corrected chi connectivity index (χ1v) is 11.6. The average Bonchev–Trinajstić information content (AvgIpc) is 3.34. The van der Waals surface area contributed by atoms with Crippen LogP contribution in [0.5, 0.6) is 5.75 Å². The Labute approximate surface area is 210 Å². The molecule has 1 saturated heterocycles. The van der Waals surface area contributed by atoms with Crippen LogP contribution in [0.25, 0.3) is 5.76 Å². The van der Waals surface area contributed by atoms with E-state index in [0.29, 0.717) is 27.6 Å². The molecule has 1 aromatic heterocycles. The smallest absolute Gasteiger partial charge is 0.350 e. The summed E-state index contributed by atoms with van der Waals surface area (Å²) in [6.07, 6.45) is 0. The third kappa shape index (κ3) is 4.28. The van der Waals surface area contributed by atoms with Gasteiger partial charge in [-0.3, -0.25) is 14.5 Å². The number of rotatable bonds is 5. The highest BCUT2D eigenvalue weighted by molar-refractivity contribution is 7.17. The number of carbonyl (C=O) groups excluding carboxylic acids is 3. The van der Waals surface area contributed by atoms with Crippen LogP contribution in [0.2, 0.25) is 5.02 Å². The number of esters is 1. The molecule has 0 spiro atoms. The molecular weight excluding hydrogens is 492 g/mol. The van der Waals surface area contributed by atoms with Crippen LogP contribution in [0.3, 0.4) is 0 Å². The summed E-state index contributed by atoms with van der Waals surface area (Å²) in [6.45, 7) is 3.41. The number of ether oxygens (including phenoxy) is 2. The first-order valence-electron chi connectivity index (χ1n) is 10.4. The number of methoxy groups -OCH3 is 2. The van der Waals surface area contributed by atoms with Crippen LogP contribution >= 0.6 is 22.9 Å². The normalized spacial score (nSPS) is 17.1. The maximum absolute atomic E-state index is 13.3. The van der Waals surface area contributed by atoms with Gasteiger partial charge < -0.3 is 14.6 Å². The second-order valence-electron chi connectivity index (χ2n) is 7.81. The van der Waals surface area contributed by atoms with E-state index < -0.39 is 23.7 Å². The number of aryl methyl sites for hydroxylation is 2. The average molecular weight is 513 g/mol. The first kappa shape index (κ1) is 24.4. The lowest BCUT2D eigenvalue weighted by Crippen LogP contribution is -2.29. The van der Waals surface area contributed by atoms with Gasteiger partial charge in [0.15, 0.2) is 5.13 Å². The number of Topliss-reactive ketones (excluding diaryl/α,β-unsaturated/α-hetero) is 1. The van der Waals surface area contributed by atoms with Crippen molar-refractivity contribution >= 4 is 51.5 Å². The van der Waals surface area contributed by atoms with Crippen molar-refractivity contribution in [2.24, 2.45) is 0 Å². The molecule has 2 aromatic carbocycles. The first-order chi connectivity index (χ1) is 16.7. The van der Waals surface area contributed by atoms with Crippen molar-refractivity contribution in [1.29, 1.82) is 0 Å². The largest absolute Gasteiger partial charge is 0.507 e. The molecule has 1 aliphatic rings. The molecule has 1 N–H and O–H groups in total. The van der Waals surface area contributed by atoms with Gasteiger partial charge in [-0.15, -0.1) is 0 Å². The van der Waals surface area contributed by atoms with E-state index in [4.69, 9.17) is 21.1 Å². The van der Waals surface area contributed by atoms with Crippen LogP contribution in [0.4, 0.5) is 5.13 Å². The van der Waals surface area contributed by atoms with Crippen molar-refractivity contribution in [3.8, 4) is 5.75 Å². The number of thiazole rings is 1. The monoisotopic (exact) mass is 512 g/mol. The number of halogens is 1. The molecule has 0 aliphatic carbocycles. The molecule has 0 saturated carbocycles. The van der Waals surface area contributed by atoms with E-state index in [1.54, 1.807) is 56.3 Å². The Hall–Kier alpha value is -3.69. The SMILES string of the molecule is COC(=O)c1sc(N2C(=O)C(=O)C(=C(O)c3ccc(OC)c(C)c3)[C@H]2c2cccc(Cl)c2)nc1C. The number of aromatic nitrogens is 1. The van der Waals surface area contributed by atoms with Crippen molar-refractivity contribution in [1.82, 2.24) is 4.98 Å². The summed E-state index contributed by atoms with van der Waals surface area (Å²) in [6, 6.07) is 10.6. The summed E-state index contributed by atoms with van der Waals surface area (Å²) < 4.78 is 10.1. The lowest BCUT2D eigenvalue weighted by molar-refractivity contribution is -0.132. The number of carbonyl (C=O) groups is 3. The minimum Gasteiger partial charge on any atom is -0.507 e. The number of anilines is 1. The van der Waals surface area contributed by atoms with Gasteiger partial charge in [0.2, 0.25) is 0 Å². The molecule has 35 heavy (non-hydrogen) atoms. The van der Waals surface area contributed by atoms with Gasteiger partial charge in [0, 0.05) is 10.6 Å². The van der Waals surface area contributed by atoms with E-state index in [2.05, 4.69) is 4.98 Å². The van der Waals surface area contributed by atoms with Crippen LogP contribution in [0, 0.1) is 13.8 Å². The summed E-state index contributed by atoms with van der Waals surface area (Å²) in [7, 11) is 2.78. The topological polar surface area (TPSA) is 106 Å². The highest BCUT2D eigenvalue weighted by atomic mass is 35.5. The summed E-state index contributed by atoms with van der Waals surface area (Å²) in [5, 5.41) is 11.8. The number of hydrogen-bond donors (Lipinski definition) is 1. The number of amides is 1. The maximum Gasteiger partial charge on any atom is 0.350 e. The lowest BCUT2D eigenvalue weighted by Gasteiger charge is -2.23. The van der Waals surface area contributed by atoms with E-state index >= 15 is 0 Å². The van der Waals surface area contributed by atoms with Crippen LogP contribution in [-0.2, 0) is 14.3 Å². The Kier molecular flexibility index (Phi) is 6.64. The summed E-state index contributed by atoms with van der Waals surface area (Å²) in [4.78, 5) is 44.5. The van der Waals surface area contributed by atoms with E-state index in [-0.39, 0.29) is 21.3 Å². The Morgan fingerprint density at radius 2 is 1.89 bits per heavy atom. The fourth-order valence-electron chi connectivity index (χ4n) is 3.97. The fourth-order valence-corrected chi connectivity index (χ4v) is 5.18. The quantitative estimate of drug-likeness (QED) is 0.226. The van der Waals surface area contributed by atoms with E-state index in [1.807, 2.05) is 0 Å². The Balaban J connectivity index is 1.94. The second kappa shape index (κ2) is 9.52. The molecule has 4 rings (SSSR count). The molecule has 180 valence electrons. The zero-order valence-electron chi connectivity index (χ0n) is 19.3. The maximum atomic E-state index is 13.3. The molecule has 1 amide bonds. The van der Waals surface area contributed by atoms with Crippen LogP contribution < -0.4 is 9.64 Å². The summed E-state index contributed by atoms with van der Waals surface area (Å²) in [5.41, 5.74) is 1.82. The molecule has 1 fully saturated rings. The fraction of sp³-hybridized carbons (Fsp3) is 0.200. The highest BCUT2D eigenvalue weighted by Crippen LogP contribution is 2.44. The number of nitrogens with zero attached hydrogens (tertiary/aromatic N) is 2. The van der Waals surface area contributed by atoms with Gasteiger partial charge in [-0.05, 0) is 55.3 Å². The van der Waals surface area contributed by atoms with Crippen molar-refractivity contribution in [2.45, 2.75) is 19.9 Å². The molecule has 0 bridgehead atoms. The minimum absolute atomic E-state index is 0.116. The summed E-state index contributed by atoms with van der Waals surface area (Å²) >= 11 is 7.15. The number of hydrogen-bond acceptors (Lipinski definition) is 8. The van der Waals surface area contributed by atoms with Crippen molar-refractivity contribution in [2.75, 3.05) is 19.1 Å². The zero-order valence-corrected chi connectivity index (χ0v) is 20.9. The molecule has 2 heterocycles. The van der Waals surface area contributed by atoms with Gasteiger partial charge in [-0.2, -0.15) is 0 Å². The van der Waals surface area contributed by atoms with Crippen molar-refractivity contribution < 1.29 is 29.0 Å². The van der Waals surface area contributed by atoms with Gasteiger partial charge in [0.1, 0.15) is 16.4 Å². The second-order valence-corrected chi connectivity index (χ2v) is 9.23. The van der Waals surface area contributed by atoms with Crippen LogP contribution in [0.1, 0.15) is 38.1 Å². The predicted molar refractivity (Wildman–Crippen MR) is 132 cm³/mol. The van der Waals surface area contributed by atoms with E-state index in [1.165, 1.54) is 19.1 Å². The summed E-state index contributed by atoms with van der Waals surface area (Å²) in [5.74, 6) is -2.10. The van der Waals surface area contributed by atoms with Gasteiger partial charge >= 0.3 is 11.9 Å². The third-order valence-corrected chi connectivity index (χ3v) is 7.01. The Bertz CT molecular complexity index is 1400. The minimum atomic E-state index is -1.02. The highest BCUT2D eigenvalue weighted by Gasteiger charge is 2.48. The molecular formula is C25H21ClN2O6S. The molecule has 8 nitrogen and oxygen atoms in total. The molecule has 0 radical (unpaired) electrons. The third-order valence-electron chi connectivity index (χ3n) is 5.64. The standard InChI is InChI=1S/C25H21ClN2O6S/c1-12-10-15(8-9-17(12)33-3)20(29)18-19(14-6-5-7-16(26)11-14)28(23(31)21(18)30)25-27-13(2)22(35-25)24(32)34-4/h5-11,19,29H,1-4H3/t19-/m1/s1. The molecule has 0 unspecified atom stereocenters.